The van der Waals surface area contributed by atoms with Gasteiger partial charge in [0.25, 0.3) is 0 Å². The summed E-state index contributed by atoms with van der Waals surface area (Å²) in [7, 11) is 0. The van der Waals surface area contributed by atoms with Crippen LogP contribution in [-0.2, 0) is 0 Å². The first-order valence-corrected chi connectivity index (χ1v) is 9.11. The summed E-state index contributed by atoms with van der Waals surface area (Å²) in [4.78, 5) is 0. The number of hydrogen-bond donors (Lipinski definition) is 1. The van der Waals surface area contributed by atoms with Gasteiger partial charge in [0.1, 0.15) is 0 Å². The van der Waals surface area contributed by atoms with Gasteiger partial charge in [-0.05, 0) is 50.4 Å². The van der Waals surface area contributed by atoms with E-state index in [0.29, 0.717) is 0 Å². The highest BCUT2D eigenvalue weighted by Crippen LogP contribution is 2.31. The van der Waals surface area contributed by atoms with E-state index in [-0.39, 0.29) is 0 Å². The number of allylic oxidation sites excluding steroid dienone is 3. The lowest BCUT2D eigenvalue weighted by Gasteiger charge is -2.29. The summed E-state index contributed by atoms with van der Waals surface area (Å²) in [6, 6.07) is 0. The number of nitrogens with one attached hydrogen (secondary N) is 1. The van der Waals surface area contributed by atoms with E-state index in [1.54, 1.807) is 0 Å². The van der Waals surface area contributed by atoms with Crippen LogP contribution in [0.3, 0.4) is 0 Å². The van der Waals surface area contributed by atoms with Crippen molar-refractivity contribution in [3.8, 4) is 0 Å². The molecule has 2 unspecified atom stereocenters. The molecule has 0 aromatic rings. The van der Waals surface area contributed by atoms with Crippen molar-refractivity contribution >= 4 is 0 Å². The monoisotopic (exact) mass is 293 g/mol. The van der Waals surface area contributed by atoms with Gasteiger partial charge in [-0.15, -0.1) is 0 Å². The molecular weight excluding hydrogens is 254 g/mol. The van der Waals surface area contributed by atoms with Crippen LogP contribution in [0.4, 0.5) is 0 Å². The van der Waals surface area contributed by atoms with Crippen molar-refractivity contribution in [2.45, 2.75) is 79.6 Å². The Kier molecular flexibility index (Phi) is 12.5. The summed E-state index contributed by atoms with van der Waals surface area (Å²) in [5.74, 6) is 2.62. The summed E-state index contributed by atoms with van der Waals surface area (Å²) >= 11 is 0. The molecule has 0 saturated heterocycles. The molecule has 0 aromatic carbocycles. The van der Waals surface area contributed by atoms with Crippen molar-refractivity contribution in [2.24, 2.45) is 17.8 Å². The van der Waals surface area contributed by atoms with Crippen molar-refractivity contribution in [1.82, 2.24) is 5.32 Å². The molecule has 0 saturated carbocycles. The molecular formula is C20H39N. The summed E-state index contributed by atoms with van der Waals surface area (Å²) in [5, 5.41) is 3.28. The molecule has 0 aliphatic carbocycles. The van der Waals surface area contributed by atoms with Crippen LogP contribution < -0.4 is 5.32 Å². The van der Waals surface area contributed by atoms with Gasteiger partial charge < -0.3 is 5.32 Å². The summed E-state index contributed by atoms with van der Waals surface area (Å²) in [6.45, 7) is 16.4. The number of rotatable bonds is 13. The maximum atomic E-state index is 3.85. The predicted octanol–water partition coefficient (Wildman–Crippen LogP) is 6.32. The Morgan fingerprint density at radius 2 is 1.71 bits per heavy atom. The highest BCUT2D eigenvalue weighted by molar-refractivity contribution is 4.87. The fraction of sp³-hybridized carbons (Fsp3) is 0.800. The van der Waals surface area contributed by atoms with E-state index < -0.39 is 0 Å². The van der Waals surface area contributed by atoms with Gasteiger partial charge in [0, 0.05) is 12.2 Å². The van der Waals surface area contributed by atoms with Gasteiger partial charge in [-0.1, -0.05) is 65.7 Å². The average molecular weight is 294 g/mol. The molecule has 0 rings (SSSR count). The molecule has 21 heavy (non-hydrogen) atoms. The smallest absolute Gasteiger partial charge is 0.0143 e. The molecule has 2 atom stereocenters. The zero-order chi connectivity index (χ0) is 16.1. The predicted molar refractivity (Wildman–Crippen MR) is 97.4 cm³/mol. The van der Waals surface area contributed by atoms with Gasteiger partial charge in [-0.3, -0.25) is 0 Å². The number of unbranched alkanes of at least 4 members (excludes halogenated alkanes) is 2. The lowest BCUT2D eigenvalue weighted by atomic mass is 9.76. The third kappa shape index (κ3) is 9.77. The van der Waals surface area contributed by atoms with Gasteiger partial charge in [0.15, 0.2) is 0 Å². The molecule has 0 spiro atoms. The maximum Gasteiger partial charge on any atom is 0.0143 e. The summed E-state index contributed by atoms with van der Waals surface area (Å²) in [5.41, 5.74) is 1.08. The molecule has 0 aliphatic rings. The van der Waals surface area contributed by atoms with Crippen LogP contribution in [0.2, 0.25) is 0 Å². The molecule has 0 aliphatic heterocycles. The van der Waals surface area contributed by atoms with Crippen LogP contribution in [-0.4, -0.2) is 6.54 Å². The topological polar surface area (TPSA) is 12.0 Å². The molecule has 0 aromatic heterocycles. The van der Waals surface area contributed by atoms with E-state index in [9.17, 15) is 0 Å². The Labute approximate surface area is 134 Å². The van der Waals surface area contributed by atoms with Gasteiger partial charge in [0.05, 0.1) is 0 Å². The zero-order valence-electron chi connectivity index (χ0n) is 15.3. The van der Waals surface area contributed by atoms with E-state index in [1.807, 2.05) is 6.92 Å². The van der Waals surface area contributed by atoms with Gasteiger partial charge in [0.2, 0.25) is 0 Å². The lowest BCUT2D eigenvalue weighted by molar-refractivity contribution is 0.220. The van der Waals surface area contributed by atoms with Crippen LogP contribution in [0.15, 0.2) is 24.4 Å². The minimum atomic E-state index is 0.821. The molecule has 0 fully saturated rings. The maximum absolute atomic E-state index is 3.85. The molecule has 124 valence electrons. The fourth-order valence-corrected chi connectivity index (χ4v) is 3.39. The Bertz CT molecular complexity index is 276. The minimum absolute atomic E-state index is 0.821. The van der Waals surface area contributed by atoms with Crippen molar-refractivity contribution in [2.75, 3.05) is 6.54 Å². The van der Waals surface area contributed by atoms with Gasteiger partial charge in [-0.2, -0.15) is 0 Å². The zero-order valence-corrected chi connectivity index (χ0v) is 15.3. The second-order valence-corrected chi connectivity index (χ2v) is 6.54. The third-order valence-corrected chi connectivity index (χ3v) is 4.76. The van der Waals surface area contributed by atoms with Crippen molar-refractivity contribution in [1.29, 1.82) is 0 Å². The Balaban J connectivity index is 3.86. The highest BCUT2D eigenvalue weighted by atomic mass is 14.9. The van der Waals surface area contributed by atoms with Gasteiger partial charge >= 0.3 is 0 Å². The first kappa shape index (κ1) is 20.3. The quantitative estimate of drug-likeness (QED) is 0.309. The van der Waals surface area contributed by atoms with Crippen LogP contribution in [0, 0.1) is 17.8 Å². The van der Waals surface area contributed by atoms with Crippen LogP contribution in [0.25, 0.3) is 0 Å². The van der Waals surface area contributed by atoms with E-state index in [1.165, 1.54) is 44.9 Å². The first-order chi connectivity index (χ1) is 10.1. The molecule has 1 nitrogen and oxygen atoms in total. The molecule has 0 amide bonds. The van der Waals surface area contributed by atoms with Crippen molar-refractivity contribution in [3.63, 3.8) is 0 Å². The Morgan fingerprint density at radius 3 is 2.24 bits per heavy atom. The van der Waals surface area contributed by atoms with E-state index in [0.717, 1.165) is 30.0 Å². The second-order valence-electron chi connectivity index (χ2n) is 6.54. The Hall–Kier alpha value is -0.720. The minimum Gasteiger partial charge on any atom is -0.389 e. The molecule has 0 bridgehead atoms. The molecule has 0 radical (unpaired) electrons. The van der Waals surface area contributed by atoms with E-state index >= 15 is 0 Å². The molecule has 1 heteroatoms. The average Bonchev–Trinajstić information content (AvgIpc) is 2.46. The summed E-state index contributed by atoms with van der Waals surface area (Å²) < 4.78 is 0. The van der Waals surface area contributed by atoms with Crippen molar-refractivity contribution in [3.05, 3.63) is 24.4 Å². The fourth-order valence-electron chi connectivity index (χ4n) is 3.39. The van der Waals surface area contributed by atoms with E-state index in [2.05, 4.69) is 51.7 Å². The third-order valence-electron chi connectivity index (χ3n) is 4.76. The van der Waals surface area contributed by atoms with Crippen LogP contribution in [0.1, 0.15) is 79.6 Å². The molecule has 0 heterocycles. The lowest BCUT2D eigenvalue weighted by Crippen LogP contribution is -2.20. The largest absolute Gasteiger partial charge is 0.389 e. The SMILES string of the molecule is C=C(C)NCCCC/C=C/CC(C)C(CC)C(CC)CC. The normalized spacial score (nSPS) is 14.6. The number of hydrogen-bond acceptors (Lipinski definition) is 1. The van der Waals surface area contributed by atoms with E-state index in [4.69, 9.17) is 0 Å². The standard InChI is InChI=1S/C20H39N/c1-7-19(8-2)20(9-3)18(6)15-13-11-10-12-14-16-21-17(4)5/h11,13,18-21H,4,7-10,12,14-16H2,1-3,5-6H3/b13-11+. The van der Waals surface area contributed by atoms with Gasteiger partial charge in [-0.25, -0.2) is 0 Å². The second kappa shape index (κ2) is 13.0. The summed E-state index contributed by atoms with van der Waals surface area (Å²) in [6.07, 6.45) is 13.8. The first-order valence-electron chi connectivity index (χ1n) is 9.11. The van der Waals surface area contributed by atoms with Crippen LogP contribution in [0.5, 0.6) is 0 Å². The highest BCUT2D eigenvalue weighted by Gasteiger charge is 2.21. The Morgan fingerprint density at radius 1 is 1.05 bits per heavy atom. The van der Waals surface area contributed by atoms with Crippen LogP contribution >= 0.6 is 0 Å². The molecule has 1 N–H and O–H groups in total. The van der Waals surface area contributed by atoms with Crippen molar-refractivity contribution < 1.29 is 0 Å².